The molecule has 0 spiro atoms. The second-order valence-corrected chi connectivity index (χ2v) is 12.9. The van der Waals surface area contributed by atoms with E-state index in [1.54, 1.807) is 13.2 Å². The first-order valence-corrected chi connectivity index (χ1v) is 17.4. The summed E-state index contributed by atoms with van der Waals surface area (Å²) in [6.07, 6.45) is 8.90. The van der Waals surface area contributed by atoms with Crippen LogP contribution in [-0.2, 0) is 11.3 Å². The van der Waals surface area contributed by atoms with Crippen molar-refractivity contribution in [2.24, 2.45) is 16.8 Å². The minimum absolute atomic E-state index is 0.000359. The van der Waals surface area contributed by atoms with Crippen molar-refractivity contribution in [1.82, 2.24) is 9.55 Å². The molecule has 3 heterocycles. The Morgan fingerprint density at radius 3 is 2.58 bits per heavy atom. The molecule has 1 aromatic heterocycles. The third-order valence-corrected chi connectivity index (χ3v) is 9.86. The highest BCUT2D eigenvalue weighted by molar-refractivity contribution is 6.06. The van der Waals surface area contributed by atoms with E-state index >= 15 is 0 Å². The Hall–Kier alpha value is -5.41. The van der Waals surface area contributed by atoms with Gasteiger partial charge in [0.05, 0.1) is 37.0 Å². The predicted molar refractivity (Wildman–Crippen MR) is 196 cm³/mol. The zero-order valence-electron chi connectivity index (χ0n) is 28.2. The van der Waals surface area contributed by atoms with Gasteiger partial charge in [-0.3, -0.25) is 14.4 Å². The van der Waals surface area contributed by atoms with Crippen LogP contribution in [0.2, 0.25) is 0 Å². The molecule has 0 radical (unpaired) electrons. The molecular weight excluding hydrogens is 628 g/mol. The third-order valence-electron chi connectivity index (χ3n) is 9.86. The molecular formula is C41H40N4O5. The number of benzene rings is 4. The van der Waals surface area contributed by atoms with Gasteiger partial charge in [-0.1, -0.05) is 36.8 Å². The number of fused-ring (bicyclic) bond motifs is 3. The third kappa shape index (κ3) is 6.48. The molecule has 2 fully saturated rings. The monoisotopic (exact) mass is 668 g/mol. The maximum atomic E-state index is 13.4. The summed E-state index contributed by atoms with van der Waals surface area (Å²) in [4.78, 5) is 25.5. The van der Waals surface area contributed by atoms with Gasteiger partial charge < -0.3 is 23.8 Å². The summed E-state index contributed by atoms with van der Waals surface area (Å²) >= 11 is 0. The van der Waals surface area contributed by atoms with E-state index in [1.807, 2.05) is 67.0 Å². The van der Waals surface area contributed by atoms with Crippen LogP contribution in [0.3, 0.4) is 0 Å². The molecule has 9 heteroatoms. The molecule has 0 bridgehead atoms. The number of imidazole rings is 1. The van der Waals surface area contributed by atoms with Crippen LogP contribution in [-0.4, -0.2) is 61.6 Å². The summed E-state index contributed by atoms with van der Waals surface area (Å²) in [6.45, 7) is 3.90. The Labute approximate surface area is 291 Å². The van der Waals surface area contributed by atoms with E-state index in [0.29, 0.717) is 42.6 Å². The number of ether oxygens (including phenoxy) is 4. The molecule has 254 valence electrons. The molecule has 5 aromatic rings. The van der Waals surface area contributed by atoms with Gasteiger partial charge in [0.1, 0.15) is 24.8 Å². The lowest BCUT2D eigenvalue weighted by Gasteiger charge is -2.28. The van der Waals surface area contributed by atoms with Gasteiger partial charge in [0.15, 0.2) is 17.3 Å². The fourth-order valence-electron chi connectivity index (χ4n) is 7.18. The topological polar surface area (TPSA) is 87.4 Å². The highest BCUT2D eigenvalue weighted by Crippen LogP contribution is 2.42. The van der Waals surface area contributed by atoms with Crippen molar-refractivity contribution < 1.29 is 23.7 Å². The molecule has 2 atom stereocenters. The largest absolute Gasteiger partial charge is 0.493 e. The number of methoxy groups -OCH3 is 1. The van der Waals surface area contributed by atoms with E-state index in [9.17, 15) is 4.79 Å². The van der Waals surface area contributed by atoms with Crippen LogP contribution in [0.1, 0.15) is 35.2 Å². The number of hydrogen-bond acceptors (Lipinski definition) is 8. The van der Waals surface area contributed by atoms with Gasteiger partial charge in [0.25, 0.3) is 0 Å². The summed E-state index contributed by atoms with van der Waals surface area (Å²) < 4.78 is 25.7. The van der Waals surface area contributed by atoms with E-state index < -0.39 is 0 Å². The predicted octanol–water partition coefficient (Wildman–Crippen LogP) is 7.99. The zero-order chi connectivity index (χ0) is 33.9. The molecule has 3 aliphatic rings. The SMILES string of the molecule is COc1cc2c(cc1OC/C=C/n1c(-c3ccc(OCc4ccccc4)cc3)nc3ccc(N4CCOCC4)cc31)N=C[C@@H]1CCCC1C2=O. The Bertz CT molecular complexity index is 2050. The average Bonchev–Trinajstić information content (AvgIpc) is 3.77. The normalized spacial score (nSPS) is 18.7. The molecule has 0 N–H and O–H groups in total. The number of rotatable bonds is 10. The van der Waals surface area contributed by atoms with E-state index in [4.69, 9.17) is 28.9 Å². The van der Waals surface area contributed by atoms with Crippen LogP contribution in [0.25, 0.3) is 28.6 Å². The van der Waals surface area contributed by atoms with Crippen molar-refractivity contribution in [3.63, 3.8) is 0 Å². The van der Waals surface area contributed by atoms with Crippen molar-refractivity contribution in [3.05, 3.63) is 102 Å². The van der Waals surface area contributed by atoms with E-state index in [0.717, 1.165) is 71.8 Å². The van der Waals surface area contributed by atoms with Crippen LogP contribution in [0, 0.1) is 11.8 Å². The second kappa shape index (κ2) is 14.2. The lowest BCUT2D eigenvalue weighted by molar-refractivity contribution is 0.0912. The van der Waals surface area contributed by atoms with Gasteiger partial charge in [-0.25, -0.2) is 4.98 Å². The molecule has 9 nitrogen and oxygen atoms in total. The number of carbonyl (C=O) groups excluding carboxylic acids is 1. The summed E-state index contributed by atoms with van der Waals surface area (Å²) in [5.74, 6) is 3.03. The van der Waals surface area contributed by atoms with Gasteiger partial charge >= 0.3 is 0 Å². The van der Waals surface area contributed by atoms with E-state index in [2.05, 4.69) is 39.8 Å². The quantitative estimate of drug-likeness (QED) is 0.149. The number of aromatic nitrogens is 2. The maximum Gasteiger partial charge on any atom is 0.168 e. The molecule has 8 rings (SSSR count). The first-order chi connectivity index (χ1) is 24.6. The number of ketones is 1. The minimum Gasteiger partial charge on any atom is -0.493 e. The average molecular weight is 669 g/mol. The molecule has 0 amide bonds. The molecule has 50 heavy (non-hydrogen) atoms. The molecule has 1 unspecified atom stereocenters. The molecule has 4 aromatic carbocycles. The number of carbonyl (C=O) groups is 1. The minimum atomic E-state index is 0.000359. The van der Waals surface area contributed by atoms with Crippen LogP contribution < -0.4 is 19.1 Å². The fraction of sp³-hybridized carbons (Fsp3) is 0.293. The second-order valence-electron chi connectivity index (χ2n) is 12.9. The number of aliphatic imine (C=N–C) groups is 1. The van der Waals surface area contributed by atoms with Crippen LogP contribution in [0.5, 0.6) is 17.2 Å². The van der Waals surface area contributed by atoms with Crippen molar-refractivity contribution in [3.8, 4) is 28.6 Å². The first kappa shape index (κ1) is 31.8. The Balaban J connectivity index is 1.07. The number of nitrogens with zero attached hydrogens (tertiary/aromatic N) is 4. The van der Waals surface area contributed by atoms with Crippen molar-refractivity contribution in [2.45, 2.75) is 25.9 Å². The number of Topliss-reactive ketones (excluding diaryl/α,β-unsaturated/α-hetero) is 1. The molecule has 1 saturated carbocycles. The highest BCUT2D eigenvalue weighted by Gasteiger charge is 2.35. The van der Waals surface area contributed by atoms with Crippen molar-refractivity contribution >= 4 is 40.6 Å². The zero-order valence-corrected chi connectivity index (χ0v) is 28.2. The maximum absolute atomic E-state index is 13.4. The standard InChI is InChI=1S/C41H40N4O5/c1-47-38-24-34-36(42-26-30-9-5-10-33(30)40(34)46)25-39(38)49-20-6-17-45-37-23-31(44-18-21-48-22-19-44)13-16-35(37)43-41(45)29-11-14-32(15-12-29)50-27-28-7-3-2-4-8-28/h2-4,6-8,11-17,23-26,30,33H,5,9-10,18-22,27H2,1H3/b17-6+/t30-,33?/m0/s1. The van der Waals surface area contributed by atoms with Gasteiger partial charge in [-0.15, -0.1) is 0 Å². The highest BCUT2D eigenvalue weighted by atomic mass is 16.5. The van der Waals surface area contributed by atoms with Gasteiger partial charge in [0, 0.05) is 60.2 Å². The van der Waals surface area contributed by atoms with Crippen LogP contribution >= 0.6 is 0 Å². The number of hydrogen-bond donors (Lipinski definition) is 0. The fourth-order valence-corrected chi connectivity index (χ4v) is 7.18. The summed E-state index contributed by atoms with van der Waals surface area (Å²) in [5, 5.41) is 0. The van der Waals surface area contributed by atoms with Crippen molar-refractivity contribution in [1.29, 1.82) is 0 Å². The smallest absolute Gasteiger partial charge is 0.168 e. The van der Waals surface area contributed by atoms with Gasteiger partial charge in [0.2, 0.25) is 0 Å². The summed E-state index contributed by atoms with van der Waals surface area (Å²) in [5.41, 5.74) is 6.35. The van der Waals surface area contributed by atoms with Crippen LogP contribution in [0.4, 0.5) is 11.4 Å². The van der Waals surface area contributed by atoms with Gasteiger partial charge in [-0.2, -0.15) is 0 Å². The number of anilines is 1. The van der Waals surface area contributed by atoms with Crippen molar-refractivity contribution in [2.75, 3.05) is 44.9 Å². The summed E-state index contributed by atoms with van der Waals surface area (Å²) in [6, 6.07) is 28.2. The Kier molecular flexibility index (Phi) is 9.05. The molecule has 1 aliphatic carbocycles. The Morgan fingerprint density at radius 2 is 1.76 bits per heavy atom. The molecule has 2 aliphatic heterocycles. The first-order valence-electron chi connectivity index (χ1n) is 17.4. The lowest BCUT2D eigenvalue weighted by atomic mass is 9.89. The van der Waals surface area contributed by atoms with E-state index in [1.165, 1.54) is 0 Å². The molecule has 1 saturated heterocycles. The Morgan fingerprint density at radius 1 is 0.920 bits per heavy atom. The van der Waals surface area contributed by atoms with Gasteiger partial charge in [-0.05, 0) is 73.0 Å². The van der Waals surface area contributed by atoms with E-state index in [-0.39, 0.29) is 24.2 Å². The van der Waals surface area contributed by atoms with Crippen LogP contribution in [0.15, 0.2) is 96.0 Å². The number of morpholine rings is 1. The summed E-state index contributed by atoms with van der Waals surface area (Å²) in [7, 11) is 1.60. The lowest BCUT2D eigenvalue weighted by Crippen LogP contribution is -2.36.